The second-order valence-electron chi connectivity index (χ2n) is 17.0. The maximum Gasteiger partial charge on any atom is 0.318 e. The Hall–Kier alpha value is -1.52. The van der Waals surface area contributed by atoms with Crippen LogP contribution in [0, 0.1) is 44.8 Å². The maximum absolute atomic E-state index is 14.3. The highest BCUT2D eigenvalue weighted by Gasteiger charge is 2.72. The van der Waals surface area contributed by atoms with Crippen LogP contribution in [0.15, 0.2) is 11.6 Å². The first-order valence-electron chi connectivity index (χ1n) is 17.8. The minimum atomic E-state index is -1.82. The zero-order chi connectivity index (χ0) is 36.6. The smallest absolute Gasteiger partial charge is 0.318 e. The van der Waals surface area contributed by atoms with Crippen molar-refractivity contribution in [1.29, 1.82) is 0 Å². The summed E-state index contributed by atoms with van der Waals surface area (Å²) < 4.78 is 11.2. The van der Waals surface area contributed by atoms with Gasteiger partial charge >= 0.3 is 5.97 Å². The third-order valence-corrected chi connectivity index (χ3v) is 14.6. The molecule has 0 spiro atoms. The SMILES string of the molecule is CC(=O)C(C)CCC1(C(=O)OC2OC(CO)C(O)C(O)C2O)C=C2C(O)C(O)C3C4(C)CC(O)C(O)C(C)(CO)C4CCC3(C)C2(C)CC1. The summed E-state index contributed by atoms with van der Waals surface area (Å²) in [6.45, 7) is 9.99. The van der Waals surface area contributed by atoms with Gasteiger partial charge in [-0.05, 0) is 85.5 Å². The van der Waals surface area contributed by atoms with Crippen LogP contribution in [-0.4, -0.2) is 126 Å². The summed E-state index contributed by atoms with van der Waals surface area (Å²) in [5.74, 6) is -2.13. The Morgan fingerprint density at radius 3 is 2.18 bits per heavy atom. The van der Waals surface area contributed by atoms with E-state index in [2.05, 4.69) is 6.92 Å². The van der Waals surface area contributed by atoms with Gasteiger partial charge in [-0.1, -0.05) is 40.7 Å². The summed E-state index contributed by atoms with van der Waals surface area (Å²) in [7, 11) is 0. The molecule has 17 unspecified atom stereocenters. The average Bonchev–Trinajstić information content (AvgIpc) is 3.05. The van der Waals surface area contributed by atoms with E-state index >= 15 is 0 Å². The third kappa shape index (κ3) is 5.66. The van der Waals surface area contributed by atoms with E-state index in [0.717, 1.165) is 0 Å². The van der Waals surface area contributed by atoms with Gasteiger partial charge in [0.05, 0.1) is 36.9 Å². The van der Waals surface area contributed by atoms with E-state index in [0.29, 0.717) is 24.8 Å². The summed E-state index contributed by atoms with van der Waals surface area (Å²) in [6.07, 6.45) is -9.27. The van der Waals surface area contributed by atoms with Crippen LogP contribution < -0.4 is 0 Å². The van der Waals surface area contributed by atoms with Crippen molar-refractivity contribution in [2.45, 2.75) is 142 Å². The molecule has 1 saturated heterocycles. The molecule has 1 heterocycles. The number of aliphatic hydroxyl groups excluding tert-OH is 9. The number of ether oxygens (including phenoxy) is 2. The van der Waals surface area contributed by atoms with Crippen LogP contribution in [-0.2, 0) is 19.1 Å². The van der Waals surface area contributed by atoms with E-state index < -0.39 is 107 Å². The second-order valence-corrected chi connectivity index (χ2v) is 17.0. The van der Waals surface area contributed by atoms with Gasteiger partial charge in [0.1, 0.15) is 36.3 Å². The summed E-state index contributed by atoms with van der Waals surface area (Å²) >= 11 is 0. The molecule has 0 radical (unpaired) electrons. The zero-order valence-corrected chi connectivity index (χ0v) is 29.5. The molecule has 0 aromatic carbocycles. The highest BCUT2D eigenvalue weighted by Crippen LogP contribution is 2.74. The first kappa shape index (κ1) is 38.7. The predicted molar refractivity (Wildman–Crippen MR) is 173 cm³/mol. The molecule has 4 fully saturated rings. The van der Waals surface area contributed by atoms with Crippen molar-refractivity contribution in [2.24, 2.45) is 44.8 Å². The standard InChI is InChI=1S/C36H58O13/c1-17(18(2)39)7-10-36(31(47)49-30-27(45)25(43)24(42)21(15-37)48-30)12-11-34(5)19(13-36)23(41)26(44)28-32(3)14-20(40)29(46)33(4,16-38)22(32)8-9-35(28,34)6/h13,17,20-30,37-38,40-46H,7-12,14-16H2,1-6H3. The Kier molecular flexibility index (Phi) is 10.4. The largest absolute Gasteiger partial charge is 0.432 e. The van der Waals surface area contributed by atoms with E-state index in [-0.39, 0.29) is 44.0 Å². The molecule has 49 heavy (non-hydrogen) atoms. The number of carbonyl (C=O) groups excluding carboxylic acids is 2. The van der Waals surface area contributed by atoms with Crippen LogP contribution in [0.4, 0.5) is 0 Å². The van der Waals surface area contributed by atoms with Gasteiger partial charge in [-0.2, -0.15) is 0 Å². The molecule has 13 nitrogen and oxygen atoms in total. The second kappa shape index (κ2) is 13.2. The van der Waals surface area contributed by atoms with Crippen molar-refractivity contribution in [2.75, 3.05) is 13.2 Å². The number of fused-ring (bicyclic) bond motifs is 5. The van der Waals surface area contributed by atoms with Crippen molar-refractivity contribution in [3.8, 4) is 0 Å². The minimum Gasteiger partial charge on any atom is -0.432 e. The van der Waals surface area contributed by atoms with Gasteiger partial charge < -0.3 is 55.4 Å². The van der Waals surface area contributed by atoms with Crippen molar-refractivity contribution in [1.82, 2.24) is 0 Å². The lowest BCUT2D eigenvalue weighted by Crippen LogP contribution is -2.72. The van der Waals surface area contributed by atoms with Crippen LogP contribution in [0.25, 0.3) is 0 Å². The van der Waals surface area contributed by atoms with Gasteiger partial charge in [0.25, 0.3) is 0 Å². The molecule has 0 aromatic rings. The number of hydrogen-bond donors (Lipinski definition) is 9. The summed E-state index contributed by atoms with van der Waals surface area (Å²) in [4.78, 5) is 26.5. The van der Waals surface area contributed by atoms with Crippen LogP contribution >= 0.6 is 0 Å². The number of rotatable bonds is 8. The van der Waals surface area contributed by atoms with E-state index in [1.165, 1.54) is 6.92 Å². The number of esters is 1. The molecule has 280 valence electrons. The topological polar surface area (TPSA) is 235 Å². The number of carbonyl (C=O) groups is 2. The summed E-state index contributed by atoms with van der Waals surface area (Å²) in [6, 6.07) is 0. The molecule has 5 rings (SSSR count). The van der Waals surface area contributed by atoms with Crippen molar-refractivity contribution < 1.29 is 65.0 Å². The van der Waals surface area contributed by atoms with Gasteiger partial charge in [-0.3, -0.25) is 9.59 Å². The molecule has 5 aliphatic rings. The Bertz CT molecular complexity index is 1310. The van der Waals surface area contributed by atoms with Crippen LogP contribution in [0.3, 0.4) is 0 Å². The fraction of sp³-hybridized carbons (Fsp3) is 0.889. The first-order chi connectivity index (χ1) is 22.7. The molecule has 0 bridgehead atoms. The van der Waals surface area contributed by atoms with Crippen LogP contribution in [0.2, 0.25) is 0 Å². The molecule has 4 aliphatic carbocycles. The Morgan fingerprint density at radius 1 is 0.939 bits per heavy atom. The molecule has 0 amide bonds. The average molecular weight is 699 g/mol. The first-order valence-corrected chi connectivity index (χ1v) is 17.8. The van der Waals surface area contributed by atoms with Gasteiger partial charge in [-0.15, -0.1) is 0 Å². The van der Waals surface area contributed by atoms with Gasteiger partial charge in [0.2, 0.25) is 6.29 Å². The van der Waals surface area contributed by atoms with E-state index in [4.69, 9.17) is 9.47 Å². The molecule has 13 heteroatoms. The molecule has 1 aliphatic heterocycles. The molecular formula is C36H58O13. The van der Waals surface area contributed by atoms with Crippen molar-refractivity contribution >= 4 is 11.8 Å². The van der Waals surface area contributed by atoms with Gasteiger partial charge in [0, 0.05) is 11.3 Å². The summed E-state index contributed by atoms with van der Waals surface area (Å²) in [5.41, 5.74) is -4.18. The Morgan fingerprint density at radius 2 is 1.59 bits per heavy atom. The molecular weight excluding hydrogens is 640 g/mol. The monoisotopic (exact) mass is 698 g/mol. The van der Waals surface area contributed by atoms with Crippen molar-refractivity contribution in [3.63, 3.8) is 0 Å². The molecule has 17 atom stereocenters. The number of ketones is 1. The molecule has 9 N–H and O–H groups in total. The lowest BCUT2D eigenvalue weighted by atomic mass is 9.33. The third-order valence-electron chi connectivity index (χ3n) is 14.6. The lowest BCUT2D eigenvalue weighted by molar-refractivity contribution is -0.295. The molecule has 3 saturated carbocycles. The fourth-order valence-electron chi connectivity index (χ4n) is 11.1. The van der Waals surface area contributed by atoms with Crippen molar-refractivity contribution in [3.05, 3.63) is 11.6 Å². The Labute approximate surface area is 287 Å². The van der Waals surface area contributed by atoms with E-state index in [9.17, 15) is 55.5 Å². The lowest BCUT2D eigenvalue weighted by Gasteiger charge is -2.72. The molecule has 0 aromatic heterocycles. The maximum atomic E-state index is 14.3. The van der Waals surface area contributed by atoms with Crippen LogP contribution in [0.1, 0.15) is 86.5 Å². The fourth-order valence-corrected chi connectivity index (χ4v) is 11.1. The highest BCUT2D eigenvalue weighted by atomic mass is 16.7. The predicted octanol–water partition coefficient (Wildman–Crippen LogP) is -0.0540. The van der Waals surface area contributed by atoms with E-state index in [1.807, 2.05) is 13.8 Å². The van der Waals surface area contributed by atoms with Gasteiger partial charge in [-0.25, -0.2) is 0 Å². The zero-order valence-electron chi connectivity index (χ0n) is 29.5. The number of Topliss-reactive ketones (excluding diaryl/α,β-unsaturated/α-hetero) is 1. The Balaban J connectivity index is 1.56. The van der Waals surface area contributed by atoms with Gasteiger partial charge in [0.15, 0.2) is 0 Å². The van der Waals surface area contributed by atoms with E-state index in [1.54, 1.807) is 19.9 Å². The number of hydrogen-bond acceptors (Lipinski definition) is 13. The number of aliphatic hydroxyl groups is 9. The highest BCUT2D eigenvalue weighted by molar-refractivity contribution is 5.81. The minimum absolute atomic E-state index is 0.0751. The summed E-state index contributed by atoms with van der Waals surface area (Å²) in [5, 5.41) is 97.6. The normalized spacial score (nSPS) is 51.8. The van der Waals surface area contributed by atoms with Crippen LogP contribution in [0.5, 0.6) is 0 Å². The quantitative estimate of drug-likeness (QED) is 0.120.